The van der Waals surface area contributed by atoms with E-state index < -0.39 is 16.7 Å². The number of benzene rings is 1. The number of aryl methyl sites for hydroxylation is 1. The number of nitrogens with one attached hydrogen (secondary N) is 2. The zero-order valence-corrected chi connectivity index (χ0v) is 9.97. The molecule has 0 aliphatic rings. The van der Waals surface area contributed by atoms with Gasteiger partial charge in [0.05, 0.1) is 11.0 Å². The van der Waals surface area contributed by atoms with E-state index >= 15 is 0 Å². The SMILES string of the molecule is Cc1cc(NC(=O)C(=O)NCC#N)ccc1[N+](=O)[O-]. The van der Waals surface area contributed by atoms with Gasteiger partial charge in [0.1, 0.15) is 6.54 Å². The Bertz CT molecular complexity index is 577. The molecular weight excluding hydrogens is 252 g/mol. The highest BCUT2D eigenvalue weighted by molar-refractivity contribution is 6.39. The van der Waals surface area contributed by atoms with Crippen molar-refractivity contribution in [3.63, 3.8) is 0 Å². The first kappa shape index (κ1) is 14.1. The molecule has 1 aromatic carbocycles. The van der Waals surface area contributed by atoms with Gasteiger partial charge in [-0.2, -0.15) is 5.26 Å². The van der Waals surface area contributed by atoms with Gasteiger partial charge >= 0.3 is 11.8 Å². The zero-order valence-electron chi connectivity index (χ0n) is 9.97. The van der Waals surface area contributed by atoms with Gasteiger partial charge in [-0.3, -0.25) is 19.7 Å². The molecule has 0 unspecified atom stereocenters. The number of carbonyl (C=O) groups is 2. The minimum absolute atomic E-state index is 0.0769. The Hall–Kier alpha value is -2.95. The molecule has 0 bridgehead atoms. The number of nitriles is 1. The van der Waals surface area contributed by atoms with E-state index in [1.807, 2.05) is 0 Å². The highest BCUT2D eigenvalue weighted by Crippen LogP contribution is 2.21. The van der Waals surface area contributed by atoms with E-state index in [1.54, 1.807) is 6.07 Å². The molecule has 8 heteroatoms. The van der Waals surface area contributed by atoms with E-state index in [4.69, 9.17) is 5.26 Å². The van der Waals surface area contributed by atoms with Gasteiger partial charge in [-0.25, -0.2) is 0 Å². The fourth-order valence-corrected chi connectivity index (χ4v) is 1.33. The number of rotatable bonds is 3. The smallest absolute Gasteiger partial charge is 0.313 e. The third-order valence-electron chi connectivity index (χ3n) is 2.19. The molecule has 2 N–H and O–H groups in total. The Morgan fingerprint density at radius 1 is 1.42 bits per heavy atom. The first-order chi connectivity index (χ1) is 8.95. The minimum Gasteiger partial charge on any atom is -0.335 e. The van der Waals surface area contributed by atoms with Gasteiger partial charge in [0.15, 0.2) is 0 Å². The number of anilines is 1. The van der Waals surface area contributed by atoms with Crippen molar-refractivity contribution in [2.24, 2.45) is 0 Å². The number of hydrogen-bond donors (Lipinski definition) is 2. The molecule has 0 aliphatic carbocycles. The average molecular weight is 262 g/mol. The summed E-state index contributed by atoms with van der Waals surface area (Å²) in [5.41, 5.74) is 0.548. The van der Waals surface area contributed by atoms with Crippen LogP contribution in [0.2, 0.25) is 0 Å². The van der Waals surface area contributed by atoms with Crippen LogP contribution in [-0.4, -0.2) is 23.3 Å². The number of nitro groups is 1. The van der Waals surface area contributed by atoms with Gasteiger partial charge in [0, 0.05) is 17.3 Å². The van der Waals surface area contributed by atoms with Crippen molar-refractivity contribution in [2.75, 3.05) is 11.9 Å². The van der Waals surface area contributed by atoms with Gasteiger partial charge in [-0.15, -0.1) is 0 Å². The van der Waals surface area contributed by atoms with Crippen LogP contribution in [0, 0.1) is 28.4 Å². The van der Waals surface area contributed by atoms with E-state index in [0.29, 0.717) is 5.56 Å². The first-order valence-corrected chi connectivity index (χ1v) is 5.17. The number of amides is 2. The molecule has 1 rings (SSSR count). The lowest BCUT2D eigenvalue weighted by molar-refractivity contribution is -0.385. The van der Waals surface area contributed by atoms with Crippen LogP contribution < -0.4 is 10.6 Å². The maximum Gasteiger partial charge on any atom is 0.313 e. The number of nitrogens with zero attached hydrogens (tertiary/aromatic N) is 2. The van der Waals surface area contributed by atoms with Gasteiger partial charge < -0.3 is 10.6 Å². The summed E-state index contributed by atoms with van der Waals surface area (Å²) in [7, 11) is 0. The molecule has 98 valence electrons. The van der Waals surface area contributed by atoms with Crippen molar-refractivity contribution >= 4 is 23.2 Å². The lowest BCUT2D eigenvalue weighted by Gasteiger charge is -2.05. The highest BCUT2D eigenvalue weighted by Gasteiger charge is 2.15. The molecule has 0 heterocycles. The van der Waals surface area contributed by atoms with E-state index in [-0.39, 0.29) is 17.9 Å². The monoisotopic (exact) mass is 262 g/mol. The molecule has 0 saturated carbocycles. The van der Waals surface area contributed by atoms with Crippen LogP contribution in [-0.2, 0) is 9.59 Å². The van der Waals surface area contributed by atoms with E-state index in [0.717, 1.165) is 0 Å². The second-order valence-corrected chi connectivity index (χ2v) is 3.55. The lowest BCUT2D eigenvalue weighted by Crippen LogP contribution is -2.35. The molecule has 0 saturated heterocycles. The Morgan fingerprint density at radius 2 is 2.11 bits per heavy atom. The second-order valence-electron chi connectivity index (χ2n) is 3.55. The van der Waals surface area contributed by atoms with Crippen molar-refractivity contribution in [1.29, 1.82) is 5.26 Å². The van der Waals surface area contributed by atoms with E-state index in [9.17, 15) is 19.7 Å². The Balaban J connectivity index is 2.76. The van der Waals surface area contributed by atoms with Gasteiger partial charge in [-0.1, -0.05) is 0 Å². The van der Waals surface area contributed by atoms with Crippen molar-refractivity contribution in [3.05, 3.63) is 33.9 Å². The summed E-state index contributed by atoms with van der Waals surface area (Å²) in [6.07, 6.45) is 0. The molecule has 2 amide bonds. The molecule has 0 fully saturated rings. The van der Waals surface area contributed by atoms with Crippen LogP contribution in [0.25, 0.3) is 0 Å². The summed E-state index contributed by atoms with van der Waals surface area (Å²) in [5, 5.41) is 23.2. The molecule has 0 spiro atoms. The molecular formula is C11H10N4O4. The summed E-state index contributed by atoms with van der Waals surface area (Å²) < 4.78 is 0. The van der Waals surface area contributed by atoms with Crippen LogP contribution in [0.1, 0.15) is 5.56 Å². The number of carbonyl (C=O) groups excluding carboxylic acids is 2. The fraction of sp³-hybridized carbons (Fsp3) is 0.182. The standard InChI is InChI=1S/C11H10N4O4/c1-7-6-8(2-3-9(7)15(18)19)14-11(17)10(16)13-5-4-12/h2-3,6H,5H2,1H3,(H,13,16)(H,14,17). The lowest BCUT2D eigenvalue weighted by atomic mass is 10.2. The predicted octanol–water partition coefficient (Wildman–Crippen LogP) is 0.481. The summed E-state index contributed by atoms with van der Waals surface area (Å²) in [5.74, 6) is -1.89. The van der Waals surface area contributed by atoms with Crippen LogP contribution in [0.3, 0.4) is 0 Å². The largest absolute Gasteiger partial charge is 0.335 e. The number of nitro benzene ring substituents is 1. The van der Waals surface area contributed by atoms with Crippen molar-refractivity contribution in [1.82, 2.24) is 5.32 Å². The molecule has 0 aliphatic heterocycles. The highest BCUT2D eigenvalue weighted by atomic mass is 16.6. The zero-order chi connectivity index (χ0) is 14.4. The predicted molar refractivity (Wildman–Crippen MR) is 65.1 cm³/mol. The Morgan fingerprint density at radius 3 is 2.63 bits per heavy atom. The maximum absolute atomic E-state index is 11.4. The van der Waals surface area contributed by atoms with E-state index in [1.165, 1.54) is 25.1 Å². The fourth-order valence-electron chi connectivity index (χ4n) is 1.33. The maximum atomic E-state index is 11.4. The Kier molecular flexibility index (Phi) is 4.54. The topological polar surface area (TPSA) is 125 Å². The Labute approximate surface area is 108 Å². The average Bonchev–Trinajstić information content (AvgIpc) is 2.35. The van der Waals surface area contributed by atoms with Gasteiger partial charge in [0.2, 0.25) is 0 Å². The molecule has 0 aromatic heterocycles. The van der Waals surface area contributed by atoms with Gasteiger partial charge in [-0.05, 0) is 19.1 Å². The van der Waals surface area contributed by atoms with E-state index in [2.05, 4.69) is 10.6 Å². The quantitative estimate of drug-likeness (QED) is 0.354. The van der Waals surface area contributed by atoms with Crippen LogP contribution in [0.5, 0.6) is 0 Å². The molecule has 1 aromatic rings. The molecule has 0 atom stereocenters. The summed E-state index contributed by atoms with van der Waals surface area (Å²) >= 11 is 0. The minimum atomic E-state index is -0.947. The number of hydrogen-bond acceptors (Lipinski definition) is 5. The van der Waals surface area contributed by atoms with Crippen molar-refractivity contribution in [3.8, 4) is 6.07 Å². The van der Waals surface area contributed by atoms with Crippen molar-refractivity contribution in [2.45, 2.75) is 6.92 Å². The third kappa shape index (κ3) is 3.78. The summed E-state index contributed by atoms with van der Waals surface area (Å²) in [6, 6.07) is 5.60. The molecule has 0 radical (unpaired) electrons. The first-order valence-electron chi connectivity index (χ1n) is 5.17. The molecule has 19 heavy (non-hydrogen) atoms. The third-order valence-corrected chi connectivity index (χ3v) is 2.19. The second kappa shape index (κ2) is 6.11. The molecule has 8 nitrogen and oxygen atoms in total. The summed E-state index contributed by atoms with van der Waals surface area (Å²) in [6.45, 7) is 1.25. The van der Waals surface area contributed by atoms with Crippen LogP contribution >= 0.6 is 0 Å². The van der Waals surface area contributed by atoms with Gasteiger partial charge in [0.25, 0.3) is 5.69 Å². The van der Waals surface area contributed by atoms with Crippen LogP contribution in [0.15, 0.2) is 18.2 Å². The van der Waals surface area contributed by atoms with Crippen LogP contribution in [0.4, 0.5) is 11.4 Å². The van der Waals surface area contributed by atoms with Crippen molar-refractivity contribution < 1.29 is 14.5 Å². The summed E-state index contributed by atoms with van der Waals surface area (Å²) in [4.78, 5) is 32.6. The normalized spacial score (nSPS) is 9.26.